The van der Waals surface area contributed by atoms with Crippen molar-refractivity contribution in [1.29, 1.82) is 0 Å². The molecule has 6 heteroatoms. The van der Waals surface area contributed by atoms with Gasteiger partial charge in [-0.15, -0.1) is 0 Å². The lowest BCUT2D eigenvalue weighted by molar-refractivity contribution is 0.0853. The van der Waals surface area contributed by atoms with Crippen LogP contribution in [0.25, 0.3) is 0 Å². The first-order chi connectivity index (χ1) is 13.6. The van der Waals surface area contributed by atoms with Crippen LogP contribution in [0.3, 0.4) is 0 Å². The SMILES string of the molecule is CCc1cccc(CC)c1NC(=O)c1cccc(C(=O)NCC2CCCO2)n1. The summed E-state index contributed by atoms with van der Waals surface area (Å²) in [5.41, 5.74) is 3.45. The maximum absolute atomic E-state index is 12.8. The van der Waals surface area contributed by atoms with E-state index < -0.39 is 0 Å². The second kappa shape index (κ2) is 9.46. The minimum Gasteiger partial charge on any atom is -0.376 e. The first-order valence-electron chi connectivity index (χ1n) is 9.91. The summed E-state index contributed by atoms with van der Waals surface area (Å²) in [5.74, 6) is -0.613. The summed E-state index contributed by atoms with van der Waals surface area (Å²) in [6.07, 6.45) is 3.68. The van der Waals surface area contributed by atoms with Crippen molar-refractivity contribution in [3.63, 3.8) is 0 Å². The number of hydrogen-bond donors (Lipinski definition) is 2. The molecule has 1 fully saturated rings. The number of pyridine rings is 1. The van der Waals surface area contributed by atoms with Crippen LogP contribution >= 0.6 is 0 Å². The number of ether oxygens (including phenoxy) is 1. The molecule has 1 aromatic carbocycles. The van der Waals surface area contributed by atoms with Crippen molar-refractivity contribution in [3.05, 3.63) is 58.9 Å². The van der Waals surface area contributed by atoms with Crippen LogP contribution in [0.1, 0.15) is 58.8 Å². The van der Waals surface area contributed by atoms with Crippen molar-refractivity contribution in [1.82, 2.24) is 10.3 Å². The summed E-state index contributed by atoms with van der Waals surface area (Å²) in [4.78, 5) is 29.4. The maximum Gasteiger partial charge on any atom is 0.274 e. The first kappa shape index (κ1) is 20.0. The molecule has 6 nitrogen and oxygen atoms in total. The van der Waals surface area contributed by atoms with E-state index in [1.165, 1.54) is 0 Å². The Bertz CT molecular complexity index is 822. The van der Waals surface area contributed by atoms with Gasteiger partial charge in [-0.2, -0.15) is 0 Å². The highest BCUT2D eigenvalue weighted by atomic mass is 16.5. The Morgan fingerprint density at radius 1 is 1.04 bits per heavy atom. The van der Waals surface area contributed by atoms with Crippen molar-refractivity contribution < 1.29 is 14.3 Å². The molecule has 0 bridgehead atoms. The molecule has 0 radical (unpaired) electrons. The number of amides is 2. The van der Waals surface area contributed by atoms with E-state index in [9.17, 15) is 9.59 Å². The van der Waals surface area contributed by atoms with Crippen LogP contribution in [0.2, 0.25) is 0 Å². The summed E-state index contributed by atoms with van der Waals surface area (Å²) in [5, 5.41) is 5.82. The molecule has 0 saturated carbocycles. The zero-order valence-corrected chi connectivity index (χ0v) is 16.5. The number of para-hydroxylation sites is 1. The van der Waals surface area contributed by atoms with Gasteiger partial charge in [0.1, 0.15) is 11.4 Å². The van der Waals surface area contributed by atoms with Crippen LogP contribution in [0.5, 0.6) is 0 Å². The molecule has 148 valence electrons. The number of carbonyl (C=O) groups excluding carboxylic acids is 2. The largest absolute Gasteiger partial charge is 0.376 e. The molecular weight excluding hydrogens is 354 g/mol. The minimum absolute atomic E-state index is 0.0634. The highest BCUT2D eigenvalue weighted by Gasteiger charge is 2.18. The molecule has 28 heavy (non-hydrogen) atoms. The molecule has 1 saturated heterocycles. The Hall–Kier alpha value is -2.73. The topological polar surface area (TPSA) is 80.3 Å². The van der Waals surface area contributed by atoms with E-state index in [1.54, 1.807) is 18.2 Å². The van der Waals surface area contributed by atoms with Crippen molar-refractivity contribution >= 4 is 17.5 Å². The van der Waals surface area contributed by atoms with E-state index in [4.69, 9.17) is 4.74 Å². The molecule has 1 aliphatic heterocycles. The van der Waals surface area contributed by atoms with Gasteiger partial charge in [-0.25, -0.2) is 4.98 Å². The molecular formula is C22H27N3O3. The molecule has 2 heterocycles. The number of rotatable bonds is 7. The van der Waals surface area contributed by atoms with Crippen LogP contribution in [0.15, 0.2) is 36.4 Å². The molecule has 1 unspecified atom stereocenters. The van der Waals surface area contributed by atoms with Gasteiger partial charge in [0.25, 0.3) is 11.8 Å². The molecule has 2 N–H and O–H groups in total. The third kappa shape index (κ3) is 4.75. The number of aromatic nitrogens is 1. The predicted octanol–water partition coefficient (Wildman–Crippen LogP) is 3.37. The van der Waals surface area contributed by atoms with E-state index in [0.717, 1.165) is 49.1 Å². The minimum atomic E-state index is -0.315. The molecule has 3 rings (SSSR count). The van der Waals surface area contributed by atoms with E-state index in [1.807, 2.05) is 18.2 Å². The van der Waals surface area contributed by atoms with Crippen LogP contribution in [0, 0.1) is 0 Å². The van der Waals surface area contributed by atoms with Crippen molar-refractivity contribution in [2.45, 2.75) is 45.6 Å². The van der Waals surface area contributed by atoms with E-state index >= 15 is 0 Å². The van der Waals surface area contributed by atoms with Crippen LogP contribution in [-0.2, 0) is 17.6 Å². The fourth-order valence-electron chi connectivity index (χ4n) is 3.37. The Morgan fingerprint density at radius 2 is 1.68 bits per heavy atom. The number of carbonyl (C=O) groups is 2. The lowest BCUT2D eigenvalue weighted by Crippen LogP contribution is -2.32. The monoisotopic (exact) mass is 381 g/mol. The Morgan fingerprint density at radius 3 is 2.29 bits per heavy atom. The number of benzene rings is 1. The van der Waals surface area contributed by atoms with Gasteiger partial charge in [0.2, 0.25) is 0 Å². The standard InChI is InChI=1S/C22H27N3O3/c1-3-15-8-5-9-16(4-2)20(15)25-22(27)19-12-6-11-18(24-19)21(26)23-14-17-10-7-13-28-17/h5-6,8-9,11-12,17H,3-4,7,10,13-14H2,1-2H3,(H,23,26)(H,25,27). The lowest BCUT2D eigenvalue weighted by Gasteiger charge is -2.14. The zero-order chi connectivity index (χ0) is 19.9. The Labute approximate surface area is 165 Å². The quantitative estimate of drug-likeness (QED) is 0.771. The first-order valence-corrected chi connectivity index (χ1v) is 9.91. The van der Waals surface area contributed by atoms with Crippen LogP contribution < -0.4 is 10.6 Å². The molecule has 2 aromatic rings. The smallest absolute Gasteiger partial charge is 0.274 e. The van der Waals surface area contributed by atoms with Gasteiger partial charge in [0, 0.05) is 18.8 Å². The van der Waals surface area contributed by atoms with E-state index in [-0.39, 0.29) is 29.3 Å². The Kier molecular flexibility index (Phi) is 6.76. The number of hydrogen-bond acceptors (Lipinski definition) is 4. The fourth-order valence-corrected chi connectivity index (χ4v) is 3.37. The second-order valence-corrected chi connectivity index (χ2v) is 6.87. The predicted molar refractivity (Wildman–Crippen MR) is 109 cm³/mol. The van der Waals surface area contributed by atoms with Crippen molar-refractivity contribution in [3.8, 4) is 0 Å². The average Bonchev–Trinajstić information content (AvgIpc) is 3.25. The van der Waals surface area contributed by atoms with Crippen molar-refractivity contribution in [2.75, 3.05) is 18.5 Å². The molecule has 2 amide bonds. The third-order valence-corrected chi connectivity index (χ3v) is 4.97. The normalized spacial score (nSPS) is 16.0. The number of nitrogens with one attached hydrogen (secondary N) is 2. The van der Waals surface area contributed by atoms with Gasteiger partial charge in [0.15, 0.2) is 0 Å². The summed E-state index contributed by atoms with van der Waals surface area (Å²) in [7, 11) is 0. The summed E-state index contributed by atoms with van der Waals surface area (Å²) < 4.78 is 5.51. The van der Waals surface area contributed by atoms with Gasteiger partial charge in [-0.05, 0) is 48.9 Å². The van der Waals surface area contributed by atoms with Crippen LogP contribution in [-0.4, -0.2) is 36.1 Å². The average molecular weight is 381 g/mol. The maximum atomic E-state index is 12.8. The molecule has 0 aliphatic carbocycles. The number of aryl methyl sites for hydroxylation is 2. The number of nitrogens with zero attached hydrogens (tertiary/aromatic N) is 1. The fraction of sp³-hybridized carbons (Fsp3) is 0.409. The van der Waals surface area contributed by atoms with Crippen LogP contribution in [0.4, 0.5) is 5.69 Å². The molecule has 1 aromatic heterocycles. The molecule has 0 spiro atoms. The summed E-state index contributed by atoms with van der Waals surface area (Å²) >= 11 is 0. The summed E-state index contributed by atoms with van der Waals surface area (Å²) in [6, 6.07) is 10.9. The lowest BCUT2D eigenvalue weighted by atomic mass is 10.0. The van der Waals surface area contributed by atoms with Gasteiger partial charge in [0.05, 0.1) is 6.10 Å². The van der Waals surface area contributed by atoms with E-state index in [0.29, 0.717) is 6.54 Å². The van der Waals surface area contributed by atoms with Gasteiger partial charge in [-0.3, -0.25) is 9.59 Å². The van der Waals surface area contributed by atoms with Gasteiger partial charge >= 0.3 is 0 Å². The highest BCUT2D eigenvalue weighted by molar-refractivity contribution is 6.04. The number of anilines is 1. The Balaban J connectivity index is 1.71. The van der Waals surface area contributed by atoms with Gasteiger partial charge in [-0.1, -0.05) is 38.1 Å². The zero-order valence-electron chi connectivity index (χ0n) is 16.5. The van der Waals surface area contributed by atoms with E-state index in [2.05, 4.69) is 29.5 Å². The molecule has 1 atom stereocenters. The highest BCUT2D eigenvalue weighted by Crippen LogP contribution is 2.23. The third-order valence-electron chi connectivity index (χ3n) is 4.97. The second-order valence-electron chi connectivity index (χ2n) is 6.87. The molecule has 1 aliphatic rings. The van der Waals surface area contributed by atoms with Crippen molar-refractivity contribution in [2.24, 2.45) is 0 Å². The summed E-state index contributed by atoms with van der Waals surface area (Å²) in [6.45, 7) is 5.32. The van der Waals surface area contributed by atoms with Gasteiger partial charge < -0.3 is 15.4 Å².